The van der Waals surface area contributed by atoms with Crippen molar-refractivity contribution >= 4 is 35.2 Å². The van der Waals surface area contributed by atoms with E-state index in [1.807, 2.05) is 36.1 Å². The molecule has 5 nitrogen and oxygen atoms in total. The van der Waals surface area contributed by atoms with Crippen molar-refractivity contribution in [2.24, 2.45) is 5.92 Å². The van der Waals surface area contributed by atoms with Crippen LogP contribution in [0.15, 0.2) is 24.3 Å². The van der Waals surface area contributed by atoms with E-state index < -0.39 is 5.97 Å². The molecule has 6 heteroatoms. The lowest BCUT2D eigenvalue weighted by molar-refractivity contribution is -0.137. The molecule has 1 aliphatic heterocycles. The number of hydrogen-bond donors (Lipinski definition) is 1. The largest absolute Gasteiger partial charge is 0.481 e. The Kier molecular flexibility index (Phi) is 7.19. The van der Waals surface area contributed by atoms with Gasteiger partial charge in [0.2, 0.25) is 5.91 Å². The number of pyridine rings is 1. The smallest absolute Gasteiger partial charge is 0.303 e. The molecule has 2 heterocycles. The van der Waals surface area contributed by atoms with Gasteiger partial charge < -0.3 is 10.0 Å². The molecule has 146 valence electrons. The summed E-state index contributed by atoms with van der Waals surface area (Å²) in [5.41, 5.74) is 4.02. The minimum atomic E-state index is -0.762. The van der Waals surface area contributed by atoms with E-state index in [1.165, 1.54) is 0 Å². The molecule has 1 atom stereocenters. The van der Waals surface area contributed by atoms with Crippen LogP contribution in [-0.2, 0) is 16.0 Å². The number of carboxylic acid groups (broad SMARTS) is 1. The Labute approximate surface area is 166 Å². The number of halogens is 1. The second kappa shape index (κ2) is 9.18. The van der Waals surface area contributed by atoms with Gasteiger partial charge >= 0.3 is 5.97 Å². The van der Waals surface area contributed by atoms with Gasteiger partial charge in [-0.15, -0.1) is 12.4 Å². The molecular formula is C21H27ClN2O3. The number of aromatic nitrogens is 1. The number of rotatable bonds is 5. The summed E-state index contributed by atoms with van der Waals surface area (Å²) in [4.78, 5) is 30.2. The molecule has 0 spiro atoms. The Hall–Kier alpha value is -2.14. The third-order valence-corrected chi connectivity index (χ3v) is 5.45. The number of carbonyl (C=O) groups excluding carboxylic acids is 1. The molecule has 0 saturated carbocycles. The highest BCUT2D eigenvalue weighted by Crippen LogP contribution is 2.25. The number of para-hydroxylation sites is 1. The van der Waals surface area contributed by atoms with Crippen molar-refractivity contribution in [2.75, 3.05) is 13.1 Å². The Morgan fingerprint density at radius 2 is 2.00 bits per heavy atom. The van der Waals surface area contributed by atoms with Crippen LogP contribution in [0, 0.1) is 19.8 Å². The van der Waals surface area contributed by atoms with Gasteiger partial charge in [-0.3, -0.25) is 14.6 Å². The van der Waals surface area contributed by atoms with Crippen molar-refractivity contribution < 1.29 is 14.7 Å². The van der Waals surface area contributed by atoms with E-state index in [0.717, 1.165) is 47.1 Å². The van der Waals surface area contributed by atoms with Crippen LogP contribution < -0.4 is 0 Å². The molecule has 1 aromatic heterocycles. The highest BCUT2D eigenvalue weighted by molar-refractivity contribution is 5.86. The van der Waals surface area contributed by atoms with E-state index in [-0.39, 0.29) is 24.7 Å². The summed E-state index contributed by atoms with van der Waals surface area (Å²) < 4.78 is 0. The van der Waals surface area contributed by atoms with Crippen LogP contribution in [0.3, 0.4) is 0 Å². The monoisotopic (exact) mass is 390 g/mol. The minimum absolute atomic E-state index is 0. The van der Waals surface area contributed by atoms with E-state index in [4.69, 9.17) is 5.11 Å². The Morgan fingerprint density at radius 3 is 2.74 bits per heavy atom. The maximum Gasteiger partial charge on any atom is 0.303 e. The molecule has 3 rings (SSSR count). The van der Waals surface area contributed by atoms with Gasteiger partial charge in [0.15, 0.2) is 0 Å². The van der Waals surface area contributed by atoms with Crippen LogP contribution in [0.5, 0.6) is 0 Å². The molecule has 0 radical (unpaired) electrons. The number of nitrogens with zero attached hydrogens (tertiary/aromatic N) is 2. The predicted molar refractivity (Wildman–Crippen MR) is 108 cm³/mol. The van der Waals surface area contributed by atoms with Gasteiger partial charge in [-0.25, -0.2) is 0 Å². The maximum absolute atomic E-state index is 12.9. The lowest BCUT2D eigenvalue weighted by Crippen LogP contribution is -2.41. The number of aryl methyl sites for hydroxylation is 2. The Morgan fingerprint density at radius 1 is 1.26 bits per heavy atom. The first-order valence-corrected chi connectivity index (χ1v) is 9.30. The fourth-order valence-corrected chi connectivity index (χ4v) is 3.95. The van der Waals surface area contributed by atoms with Gasteiger partial charge in [-0.1, -0.05) is 18.2 Å². The van der Waals surface area contributed by atoms with Gasteiger partial charge in [0, 0.05) is 30.6 Å². The first-order chi connectivity index (χ1) is 12.5. The zero-order chi connectivity index (χ0) is 18.7. The zero-order valence-corrected chi connectivity index (χ0v) is 16.7. The third kappa shape index (κ3) is 4.98. The van der Waals surface area contributed by atoms with E-state index >= 15 is 0 Å². The van der Waals surface area contributed by atoms with Gasteiger partial charge in [0.25, 0.3) is 0 Å². The third-order valence-electron chi connectivity index (χ3n) is 5.45. The number of carbonyl (C=O) groups is 2. The van der Waals surface area contributed by atoms with E-state index in [1.54, 1.807) is 0 Å². The number of piperidine rings is 1. The SMILES string of the molecule is Cc1nc2ccccc2c(C)c1CC(=O)N1CCCC(CCC(=O)O)C1.Cl. The average molecular weight is 391 g/mol. The molecule has 1 aromatic carbocycles. The van der Waals surface area contributed by atoms with Gasteiger partial charge in [0.1, 0.15) is 0 Å². The van der Waals surface area contributed by atoms with Crippen LogP contribution in [0.1, 0.15) is 42.5 Å². The normalized spacial score (nSPS) is 16.8. The van der Waals surface area contributed by atoms with Crippen LogP contribution in [0.2, 0.25) is 0 Å². The summed E-state index contributed by atoms with van der Waals surface area (Å²) in [6.45, 7) is 5.46. The molecule has 1 unspecified atom stereocenters. The molecule has 2 aromatic rings. The summed E-state index contributed by atoms with van der Waals surface area (Å²) in [5.74, 6) is -0.351. The first-order valence-electron chi connectivity index (χ1n) is 9.30. The van der Waals surface area contributed by atoms with E-state index in [0.29, 0.717) is 25.3 Å². The number of carboxylic acids is 1. The number of likely N-dealkylation sites (tertiary alicyclic amines) is 1. The maximum atomic E-state index is 12.9. The topological polar surface area (TPSA) is 70.5 Å². The summed E-state index contributed by atoms with van der Waals surface area (Å²) in [6.07, 6.45) is 3.14. The van der Waals surface area contributed by atoms with E-state index in [2.05, 4.69) is 11.9 Å². The number of amides is 1. The molecule has 1 fully saturated rings. The zero-order valence-electron chi connectivity index (χ0n) is 15.9. The quantitative estimate of drug-likeness (QED) is 0.839. The lowest BCUT2D eigenvalue weighted by Gasteiger charge is -2.33. The molecule has 0 bridgehead atoms. The van der Waals surface area contributed by atoms with Crippen LogP contribution >= 0.6 is 12.4 Å². The highest BCUT2D eigenvalue weighted by Gasteiger charge is 2.25. The van der Waals surface area contributed by atoms with Gasteiger partial charge in [-0.2, -0.15) is 0 Å². The lowest BCUT2D eigenvalue weighted by atomic mass is 9.92. The number of aliphatic carboxylic acids is 1. The molecule has 1 aliphatic rings. The Bertz CT molecular complexity index is 838. The summed E-state index contributed by atoms with van der Waals surface area (Å²) in [5, 5.41) is 9.97. The van der Waals surface area contributed by atoms with Crippen LogP contribution in [0.25, 0.3) is 10.9 Å². The number of fused-ring (bicyclic) bond motifs is 1. The van der Waals surface area contributed by atoms with Crippen molar-refractivity contribution in [1.29, 1.82) is 0 Å². The van der Waals surface area contributed by atoms with Crippen LogP contribution in [-0.4, -0.2) is 40.0 Å². The van der Waals surface area contributed by atoms with Gasteiger partial charge in [-0.05, 0) is 56.2 Å². The fraction of sp³-hybridized carbons (Fsp3) is 0.476. The molecular weight excluding hydrogens is 364 g/mol. The highest BCUT2D eigenvalue weighted by atomic mass is 35.5. The molecule has 1 saturated heterocycles. The number of benzene rings is 1. The van der Waals surface area contributed by atoms with Crippen molar-refractivity contribution in [2.45, 2.75) is 46.0 Å². The number of hydrogen-bond acceptors (Lipinski definition) is 3. The van der Waals surface area contributed by atoms with Crippen molar-refractivity contribution in [3.8, 4) is 0 Å². The standard InChI is InChI=1S/C21H26N2O3.ClH/c1-14-17-7-3-4-8-19(17)22-15(2)18(14)12-20(24)23-11-5-6-16(13-23)9-10-21(25)26;/h3-4,7-8,16H,5-6,9-13H2,1-2H3,(H,25,26);1H. The summed E-state index contributed by atoms with van der Waals surface area (Å²) >= 11 is 0. The molecule has 1 N–H and O–H groups in total. The predicted octanol–water partition coefficient (Wildman–Crippen LogP) is 3.92. The van der Waals surface area contributed by atoms with E-state index in [9.17, 15) is 9.59 Å². The summed E-state index contributed by atoms with van der Waals surface area (Å²) in [6, 6.07) is 8.02. The van der Waals surface area contributed by atoms with Crippen molar-refractivity contribution in [1.82, 2.24) is 9.88 Å². The van der Waals surface area contributed by atoms with Crippen molar-refractivity contribution in [3.05, 3.63) is 41.1 Å². The minimum Gasteiger partial charge on any atom is -0.481 e. The fourth-order valence-electron chi connectivity index (χ4n) is 3.95. The van der Waals surface area contributed by atoms with Crippen LogP contribution in [0.4, 0.5) is 0 Å². The summed E-state index contributed by atoms with van der Waals surface area (Å²) in [7, 11) is 0. The second-order valence-electron chi connectivity index (χ2n) is 7.28. The molecule has 1 amide bonds. The average Bonchev–Trinajstić information content (AvgIpc) is 2.63. The molecule has 27 heavy (non-hydrogen) atoms. The first kappa shape index (κ1) is 21.2. The van der Waals surface area contributed by atoms with Gasteiger partial charge in [0.05, 0.1) is 11.9 Å². The van der Waals surface area contributed by atoms with Crippen molar-refractivity contribution in [3.63, 3.8) is 0 Å². The second-order valence-corrected chi connectivity index (χ2v) is 7.28. The molecule has 0 aliphatic carbocycles. The Balaban J connectivity index is 0.00000261.